The fourth-order valence-corrected chi connectivity index (χ4v) is 3.54. The molecule has 0 aliphatic rings. The molecule has 1 N–H and O–H groups in total. The van der Waals surface area contributed by atoms with E-state index in [1.165, 1.54) is 11.1 Å². The van der Waals surface area contributed by atoms with E-state index in [2.05, 4.69) is 24.3 Å². The van der Waals surface area contributed by atoms with Gasteiger partial charge < -0.3 is 5.11 Å². The molecule has 4 aromatic rings. The van der Waals surface area contributed by atoms with E-state index in [9.17, 15) is 5.11 Å². The van der Waals surface area contributed by atoms with Crippen molar-refractivity contribution in [2.24, 2.45) is 0 Å². The van der Waals surface area contributed by atoms with Gasteiger partial charge in [-0.15, -0.1) is 0 Å². The Morgan fingerprint density at radius 2 is 1.37 bits per heavy atom. The summed E-state index contributed by atoms with van der Waals surface area (Å²) in [5.74, 6) is 0.0887. The average Bonchev–Trinajstić information content (AvgIpc) is 2.98. The molecule has 3 nitrogen and oxygen atoms in total. The highest BCUT2D eigenvalue weighted by molar-refractivity contribution is 7.71. The van der Waals surface area contributed by atoms with Crippen LogP contribution in [0.25, 0.3) is 11.4 Å². The van der Waals surface area contributed by atoms with E-state index in [4.69, 9.17) is 23.8 Å². The summed E-state index contributed by atoms with van der Waals surface area (Å²) in [5, 5.41) is 11.1. The zero-order valence-electron chi connectivity index (χ0n) is 14.4. The monoisotopic (exact) mass is 392 g/mol. The summed E-state index contributed by atoms with van der Waals surface area (Å²) in [6.45, 7) is 0. The van der Waals surface area contributed by atoms with Crippen LogP contribution in [0.15, 0.2) is 85.1 Å². The van der Waals surface area contributed by atoms with Gasteiger partial charge in [-0.2, -0.15) is 0 Å². The summed E-state index contributed by atoms with van der Waals surface area (Å²) in [5.41, 5.74) is 4.13. The lowest BCUT2D eigenvalue weighted by Crippen LogP contribution is -1.98. The number of imidazole rings is 1. The fourth-order valence-electron chi connectivity index (χ4n) is 3.06. The molecule has 4 rings (SSSR count). The van der Waals surface area contributed by atoms with Crippen LogP contribution in [-0.4, -0.2) is 14.2 Å². The number of hydrogen-bond acceptors (Lipinski definition) is 2. The number of hydrogen-bond donors (Lipinski definition) is 1. The number of halogens is 1. The lowest BCUT2D eigenvalue weighted by Gasteiger charge is -2.07. The van der Waals surface area contributed by atoms with Crippen molar-refractivity contribution < 1.29 is 5.11 Å². The summed E-state index contributed by atoms with van der Waals surface area (Å²) in [6, 6.07) is 25.7. The topological polar surface area (TPSA) is 30.1 Å². The molecule has 0 bridgehead atoms. The van der Waals surface area contributed by atoms with E-state index in [0.717, 1.165) is 17.8 Å². The molecule has 0 saturated heterocycles. The van der Waals surface area contributed by atoms with Gasteiger partial charge in [0, 0.05) is 10.7 Å². The summed E-state index contributed by atoms with van der Waals surface area (Å²) >= 11 is 11.5. The van der Waals surface area contributed by atoms with E-state index in [1.807, 2.05) is 42.5 Å². The molecule has 27 heavy (non-hydrogen) atoms. The molecule has 1 aromatic heterocycles. The highest BCUT2D eigenvalue weighted by atomic mass is 35.5. The van der Waals surface area contributed by atoms with Gasteiger partial charge in [-0.05, 0) is 66.2 Å². The summed E-state index contributed by atoms with van der Waals surface area (Å²) in [7, 11) is 0. The van der Waals surface area contributed by atoms with Gasteiger partial charge in [0.2, 0.25) is 5.88 Å². The average molecular weight is 393 g/mol. The van der Waals surface area contributed by atoms with Crippen molar-refractivity contribution in [2.45, 2.75) is 6.42 Å². The Morgan fingerprint density at radius 1 is 0.778 bits per heavy atom. The molecule has 0 aliphatic carbocycles. The lowest BCUT2D eigenvalue weighted by molar-refractivity contribution is 0.442. The van der Waals surface area contributed by atoms with Crippen LogP contribution in [0.5, 0.6) is 5.88 Å². The largest absolute Gasteiger partial charge is 0.493 e. The number of nitrogens with zero attached hydrogens (tertiary/aromatic N) is 2. The minimum absolute atomic E-state index is 0.0887. The maximum atomic E-state index is 10.4. The number of benzene rings is 3. The van der Waals surface area contributed by atoms with Crippen molar-refractivity contribution in [1.29, 1.82) is 0 Å². The first-order valence-electron chi connectivity index (χ1n) is 8.54. The van der Waals surface area contributed by atoms with E-state index >= 15 is 0 Å². The highest BCUT2D eigenvalue weighted by Gasteiger charge is 2.11. The van der Waals surface area contributed by atoms with Crippen LogP contribution in [0.3, 0.4) is 0 Å². The van der Waals surface area contributed by atoms with Crippen molar-refractivity contribution in [3.63, 3.8) is 0 Å². The van der Waals surface area contributed by atoms with Crippen LogP contribution in [0.1, 0.15) is 11.1 Å². The summed E-state index contributed by atoms with van der Waals surface area (Å²) in [6.07, 6.45) is 2.48. The Morgan fingerprint density at radius 3 is 2.04 bits per heavy atom. The van der Waals surface area contributed by atoms with Crippen molar-refractivity contribution in [2.75, 3.05) is 0 Å². The Labute approximate surface area is 167 Å². The molecule has 0 amide bonds. The zero-order valence-corrected chi connectivity index (χ0v) is 16.0. The van der Waals surface area contributed by atoms with Crippen LogP contribution in [-0.2, 0) is 6.42 Å². The van der Waals surface area contributed by atoms with Crippen molar-refractivity contribution >= 4 is 23.8 Å². The van der Waals surface area contributed by atoms with E-state index in [0.29, 0.717) is 9.79 Å². The Bertz CT molecular complexity index is 1110. The molecular weight excluding hydrogens is 376 g/mol. The third kappa shape index (κ3) is 3.68. The molecule has 0 saturated carbocycles. The molecule has 0 unspecified atom stereocenters. The second kappa shape index (κ2) is 7.43. The van der Waals surface area contributed by atoms with Crippen molar-refractivity contribution in [1.82, 2.24) is 9.13 Å². The van der Waals surface area contributed by atoms with Gasteiger partial charge in [0.05, 0.1) is 11.9 Å². The molecule has 3 aromatic carbocycles. The fraction of sp³-hybridized carbons (Fsp3) is 0.0455. The minimum atomic E-state index is 0.0887. The smallest absolute Gasteiger partial charge is 0.215 e. The van der Waals surface area contributed by atoms with Gasteiger partial charge >= 0.3 is 0 Å². The van der Waals surface area contributed by atoms with E-state index in [-0.39, 0.29) is 5.88 Å². The predicted octanol–water partition coefficient (Wildman–Crippen LogP) is 5.95. The first-order chi connectivity index (χ1) is 13.1. The number of rotatable bonds is 4. The van der Waals surface area contributed by atoms with Crippen LogP contribution in [0.4, 0.5) is 0 Å². The molecule has 0 atom stereocenters. The van der Waals surface area contributed by atoms with Gasteiger partial charge in [-0.1, -0.05) is 54.1 Å². The molecule has 5 heteroatoms. The maximum Gasteiger partial charge on any atom is 0.215 e. The van der Waals surface area contributed by atoms with Gasteiger partial charge in [0.25, 0.3) is 0 Å². The molecule has 0 spiro atoms. The highest BCUT2D eigenvalue weighted by Crippen LogP contribution is 2.24. The van der Waals surface area contributed by atoms with Crippen molar-refractivity contribution in [3.8, 4) is 17.3 Å². The summed E-state index contributed by atoms with van der Waals surface area (Å²) < 4.78 is 3.90. The van der Waals surface area contributed by atoms with Gasteiger partial charge in [-0.25, -0.2) is 0 Å². The van der Waals surface area contributed by atoms with E-state index < -0.39 is 0 Å². The van der Waals surface area contributed by atoms with Crippen LogP contribution < -0.4 is 0 Å². The Kier molecular flexibility index (Phi) is 4.84. The third-order valence-electron chi connectivity index (χ3n) is 4.42. The Hall–Kier alpha value is -2.82. The quantitative estimate of drug-likeness (QED) is 0.435. The number of aromatic hydroxyl groups is 1. The first kappa shape index (κ1) is 17.6. The third-order valence-corrected chi connectivity index (χ3v) is 5.05. The lowest BCUT2D eigenvalue weighted by atomic mass is 10.0. The molecule has 0 aliphatic heterocycles. The molecular formula is C22H17ClN2OS. The van der Waals surface area contributed by atoms with Crippen molar-refractivity contribution in [3.05, 3.63) is 106 Å². The maximum absolute atomic E-state index is 10.4. The summed E-state index contributed by atoms with van der Waals surface area (Å²) in [4.78, 5) is 0. The predicted molar refractivity (Wildman–Crippen MR) is 112 cm³/mol. The Balaban J connectivity index is 1.65. The van der Waals surface area contributed by atoms with Gasteiger partial charge in [0.15, 0.2) is 4.77 Å². The zero-order chi connectivity index (χ0) is 18.8. The standard InChI is InChI=1S/C22H17ClN2OS/c23-18-8-12-19(13-9-18)24-15-21(26)25(22(24)27)20-10-6-17(7-11-20)14-16-4-2-1-3-5-16/h1-13,15,26H,14H2. The van der Waals surface area contributed by atoms with Gasteiger partial charge in [-0.3, -0.25) is 9.13 Å². The van der Waals surface area contributed by atoms with Crippen LogP contribution in [0, 0.1) is 4.77 Å². The van der Waals surface area contributed by atoms with Crippen LogP contribution >= 0.6 is 23.8 Å². The number of aromatic nitrogens is 2. The molecule has 134 valence electrons. The SMILES string of the molecule is Oc1cn(-c2ccc(Cl)cc2)c(=S)n1-c1ccc(Cc2ccccc2)cc1. The second-order valence-electron chi connectivity index (χ2n) is 6.28. The molecule has 1 heterocycles. The van der Waals surface area contributed by atoms with Gasteiger partial charge in [0.1, 0.15) is 0 Å². The first-order valence-corrected chi connectivity index (χ1v) is 9.33. The molecule has 0 radical (unpaired) electrons. The minimum Gasteiger partial charge on any atom is -0.493 e. The second-order valence-corrected chi connectivity index (χ2v) is 7.08. The molecule has 0 fully saturated rings. The van der Waals surface area contributed by atoms with E-state index in [1.54, 1.807) is 27.5 Å². The van der Waals surface area contributed by atoms with Crippen LogP contribution in [0.2, 0.25) is 5.02 Å². The normalized spacial score (nSPS) is 10.9.